The number of aliphatic hydroxyl groups excluding tert-OH is 2. The molecule has 3 bridgehead atoms. The van der Waals surface area contributed by atoms with Crippen LogP contribution in [-0.2, 0) is 47.7 Å². The fraction of sp³-hybridized carbons (Fsp3) is 0.706. The molecule has 0 amide bonds. The molecule has 16 nitrogen and oxygen atoms in total. The molecule has 2 saturated carbocycles. The molecular weight excluding hydrogens is 656 g/mol. The average molecular weight is 705 g/mol. The topological polar surface area (TPSA) is 262 Å². The van der Waals surface area contributed by atoms with Crippen molar-refractivity contribution in [1.29, 1.82) is 0 Å². The van der Waals surface area contributed by atoms with Crippen LogP contribution in [0.25, 0.3) is 0 Å². The van der Waals surface area contributed by atoms with Crippen LogP contribution in [0.4, 0.5) is 0 Å². The predicted molar refractivity (Wildman–Crippen MR) is 173 cm³/mol. The molecule has 0 aromatic carbocycles. The summed E-state index contributed by atoms with van der Waals surface area (Å²) in [5.41, 5.74) is 13.3. The van der Waals surface area contributed by atoms with Crippen molar-refractivity contribution in [2.75, 3.05) is 20.3 Å². The van der Waals surface area contributed by atoms with E-state index in [1.54, 1.807) is 27.7 Å². The minimum absolute atomic E-state index is 0.0929. The lowest BCUT2D eigenvalue weighted by molar-refractivity contribution is -0.225. The Morgan fingerprint density at radius 1 is 1.16 bits per heavy atom. The Balaban J connectivity index is 1.60. The van der Waals surface area contributed by atoms with Crippen LogP contribution in [0.1, 0.15) is 66.2 Å². The molecule has 11 atom stereocenters. The normalized spacial score (nSPS) is 37.9. The molecular formula is C34H48N4O12. The van der Waals surface area contributed by atoms with Gasteiger partial charge in [-0.3, -0.25) is 9.79 Å². The van der Waals surface area contributed by atoms with Crippen molar-refractivity contribution >= 4 is 35.6 Å². The summed E-state index contributed by atoms with van der Waals surface area (Å²) >= 11 is 0. The van der Waals surface area contributed by atoms with Gasteiger partial charge in [-0.1, -0.05) is 12.5 Å². The van der Waals surface area contributed by atoms with Crippen LogP contribution < -0.4 is 17.2 Å². The van der Waals surface area contributed by atoms with E-state index in [0.717, 1.165) is 7.11 Å². The second-order valence-corrected chi connectivity index (χ2v) is 14.9. The molecule has 5 fully saturated rings. The number of aliphatic hydroxyl groups is 2. The molecule has 3 aliphatic carbocycles. The number of hydrogen-bond acceptors (Lipinski definition) is 14. The summed E-state index contributed by atoms with van der Waals surface area (Å²) in [5.74, 6) is -6.89. The largest absolute Gasteiger partial charge is 0.467 e. The smallest absolute Gasteiger partial charge is 0.348 e. The van der Waals surface area contributed by atoms with Crippen molar-refractivity contribution in [2.24, 2.45) is 50.8 Å². The highest BCUT2D eigenvalue weighted by Gasteiger charge is 2.75. The lowest BCUT2D eigenvalue weighted by Gasteiger charge is -2.56. The summed E-state index contributed by atoms with van der Waals surface area (Å²) in [6.45, 7) is 6.81. The van der Waals surface area contributed by atoms with E-state index in [1.165, 1.54) is 6.08 Å². The Morgan fingerprint density at radius 2 is 1.86 bits per heavy atom. The molecule has 0 radical (unpaired) electrons. The van der Waals surface area contributed by atoms with Gasteiger partial charge < -0.3 is 51.1 Å². The van der Waals surface area contributed by atoms with Crippen LogP contribution in [0.5, 0.6) is 0 Å². The Labute approximate surface area is 289 Å². The summed E-state index contributed by atoms with van der Waals surface area (Å²) in [7, 11) is 1.11. The number of esters is 4. The van der Waals surface area contributed by atoms with Crippen molar-refractivity contribution in [1.82, 2.24) is 0 Å². The number of rotatable bonds is 9. The molecule has 3 saturated heterocycles. The van der Waals surface area contributed by atoms with E-state index in [2.05, 4.69) is 4.99 Å². The third kappa shape index (κ3) is 6.20. The number of carbonyl (C=O) groups excluding carboxylic acids is 5. The maximum Gasteiger partial charge on any atom is 0.348 e. The van der Waals surface area contributed by atoms with E-state index in [-0.39, 0.29) is 57.0 Å². The Bertz CT molecular complexity index is 1540. The lowest BCUT2D eigenvalue weighted by atomic mass is 9.49. The van der Waals surface area contributed by atoms with Gasteiger partial charge >= 0.3 is 23.9 Å². The summed E-state index contributed by atoms with van der Waals surface area (Å²) in [6, 6.07) is -1.07. The third-order valence-electron chi connectivity index (χ3n) is 11.4. The zero-order valence-corrected chi connectivity index (χ0v) is 29.0. The van der Waals surface area contributed by atoms with Gasteiger partial charge in [-0.2, -0.15) is 0 Å². The van der Waals surface area contributed by atoms with Gasteiger partial charge in [0.25, 0.3) is 0 Å². The zero-order chi connectivity index (χ0) is 36.9. The van der Waals surface area contributed by atoms with Crippen LogP contribution in [0.2, 0.25) is 0 Å². The monoisotopic (exact) mass is 704 g/mol. The maximum atomic E-state index is 14.0. The van der Waals surface area contributed by atoms with Gasteiger partial charge in [0, 0.05) is 36.3 Å². The van der Waals surface area contributed by atoms with Crippen LogP contribution in [-0.4, -0.2) is 102 Å². The first kappa shape index (κ1) is 37.4. The fourth-order valence-corrected chi connectivity index (χ4v) is 9.44. The Hall–Kier alpha value is -3.86. The van der Waals surface area contributed by atoms with Crippen molar-refractivity contribution < 1.29 is 57.9 Å². The van der Waals surface area contributed by atoms with Crippen molar-refractivity contribution in [3.05, 3.63) is 23.0 Å². The highest BCUT2D eigenvalue weighted by molar-refractivity contribution is 5.98. The number of guanidine groups is 1. The number of hydrogen-bond donors (Lipinski definition) is 5. The first-order chi connectivity index (χ1) is 23.4. The summed E-state index contributed by atoms with van der Waals surface area (Å²) in [4.78, 5) is 71.3. The molecule has 6 rings (SSSR count). The number of methoxy groups -OCH3 is 1. The number of ether oxygens (including phenoxy) is 5. The minimum atomic E-state index is -2.12. The number of carbonyl (C=O) groups is 5. The molecule has 2 unspecified atom stereocenters. The lowest BCUT2D eigenvalue weighted by Crippen LogP contribution is -2.61. The van der Waals surface area contributed by atoms with Gasteiger partial charge in [0.05, 0.1) is 19.8 Å². The van der Waals surface area contributed by atoms with Crippen LogP contribution in [0.3, 0.4) is 0 Å². The second-order valence-electron chi connectivity index (χ2n) is 14.9. The molecule has 1 spiro atoms. The van der Waals surface area contributed by atoms with Crippen molar-refractivity contribution in [2.45, 2.75) is 102 Å². The maximum absolute atomic E-state index is 14.0. The van der Waals surface area contributed by atoms with E-state index in [4.69, 9.17) is 40.9 Å². The number of Topliss-reactive ketones (excluding diaryl/α,β-unsaturated/α-hetero) is 1. The van der Waals surface area contributed by atoms with Gasteiger partial charge in [-0.05, 0) is 69.8 Å². The Morgan fingerprint density at radius 3 is 2.50 bits per heavy atom. The summed E-state index contributed by atoms with van der Waals surface area (Å²) < 4.78 is 28.8. The molecule has 0 aromatic heterocycles. The number of nitrogens with two attached hydrogens (primary N) is 3. The van der Waals surface area contributed by atoms with E-state index < -0.39 is 94.3 Å². The number of aliphatic imine (C=N–C) groups is 1. The number of ketones is 1. The summed E-state index contributed by atoms with van der Waals surface area (Å²) in [6.07, 6.45) is -4.40. The van der Waals surface area contributed by atoms with Crippen LogP contribution >= 0.6 is 0 Å². The SMILES string of the molecule is COC(=O)[C@@]12C[C@H]3[C@@H](OC(=O)C=C(C)C)C(=O)O[C@H]4C[C@H]5C(C)=C(OC(=O)[C@@H](N)CCCN=C(N)N)C(=O)C[C@]5(C)C([C@@H](O)[C@@H]1O)C3(CO2)C4. The second kappa shape index (κ2) is 13.7. The standard InChI is InChI=1S/C34H48N4O12/c1-15(2)9-22(40)49-25-19-12-34(30(45)46-5)27(42)23(41)26-32(4)13-21(39)24(50-28(43)20(35)7-6-8-38-31(36)37)16(3)18(32)10-17(48-29(25)44)11-33(19,26)14-47-34/h9,17-20,23,25-27,41-42H,6-8,10-14,35H2,1-5H3,(H4,36,37,38)/t17-,18-,19-,20-,23+,25+,26?,27-,32-,33?,34+/m0/s1. The van der Waals surface area contributed by atoms with Gasteiger partial charge in [-0.15, -0.1) is 0 Å². The van der Waals surface area contributed by atoms with Gasteiger partial charge in [0.15, 0.2) is 23.1 Å². The number of nitrogens with zero attached hydrogens (tertiary/aromatic N) is 1. The molecule has 3 aliphatic heterocycles. The molecule has 0 aromatic rings. The zero-order valence-electron chi connectivity index (χ0n) is 29.0. The molecule has 16 heteroatoms. The highest BCUT2D eigenvalue weighted by atomic mass is 16.6. The first-order valence-electron chi connectivity index (χ1n) is 16.8. The highest BCUT2D eigenvalue weighted by Crippen LogP contribution is 2.68. The molecule has 276 valence electrons. The molecule has 6 aliphatic rings. The van der Waals surface area contributed by atoms with Crippen LogP contribution in [0.15, 0.2) is 28.0 Å². The quantitative estimate of drug-likeness (QED) is 0.0514. The number of allylic oxidation sites excluding steroid dienone is 3. The fourth-order valence-electron chi connectivity index (χ4n) is 9.44. The first-order valence-corrected chi connectivity index (χ1v) is 16.8. The minimum Gasteiger partial charge on any atom is -0.467 e. The summed E-state index contributed by atoms with van der Waals surface area (Å²) in [5, 5.41) is 24.0. The van der Waals surface area contributed by atoms with Gasteiger partial charge in [-0.25, -0.2) is 19.2 Å². The van der Waals surface area contributed by atoms with Gasteiger partial charge in [0.1, 0.15) is 18.2 Å². The van der Waals surface area contributed by atoms with E-state index >= 15 is 0 Å². The molecule has 50 heavy (non-hydrogen) atoms. The van der Waals surface area contributed by atoms with Crippen molar-refractivity contribution in [3.63, 3.8) is 0 Å². The van der Waals surface area contributed by atoms with Crippen LogP contribution in [0, 0.1) is 28.6 Å². The predicted octanol–water partition coefficient (Wildman–Crippen LogP) is -0.337. The van der Waals surface area contributed by atoms with E-state index in [1.807, 2.05) is 0 Å². The van der Waals surface area contributed by atoms with E-state index in [0.29, 0.717) is 17.6 Å². The van der Waals surface area contributed by atoms with E-state index in [9.17, 15) is 34.2 Å². The Kier molecular flexibility index (Phi) is 10.2. The van der Waals surface area contributed by atoms with Crippen molar-refractivity contribution in [3.8, 4) is 0 Å². The number of fused-ring (bicyclic) bond motifs is 4. The molecule has 8 N–H and O–H groups in total. The third-order valence-corrected chi connectivity index (χ3v) is 11.4. The average Bonchev–Trinajstić information content (AvgIpc) is 3.30. The van der Waals surface area contributed by atoms with Gasteiger partial charge in [0.2, 0.25) is 6.10 Å². The molecule has 3 heterocycles.